The molecule has 0 N–H and O–H groups in total. The van der Waals surface area contributed by atoms with Gasteiger partial charge in [0.25, 0.3) is 0 Å². The minimum atomic E-state index is 1.07. The molecule has 1 aromatic rings. The zero-order valence-corrected chi connectivity index (χ0v) is 6.73. The van der Waals surface area contributed by atoms with Crippen molar-refractivity contribution in [3.63, 3.8) is 0 Å². The van der Waals surface area contributed by atoms with Crippen molar-refractivity contribution in [2.24, 2.45) is 12.0 Å². The van der Waals surface area contributed by atoms with Crippen LogP contribution >= 0.6 is 0 Å². The number of nitrogens with zero attached hydrogens (tertiary/aromatic N) is 3. The molecule has 0 saturated heterocycles. The molecule has 11 heavy (non-hydrogen) atoms. The highest BCUT2D eigenvalue weighted by Gasteiger charge is 1.88. The van der Waals surface area contributed by atoms with Gasteiger partial charge >= 0.3 is 0 Å². The highest BCUT2D eigenvalue weighted by Crippen LogP contribution is 1.97. The number of rotatable bonds is 2. The predicted molar refractivity (Wildman–Crippen MR) is 46.7 cm³/mol. The van der Waals surface area contributed by atoms with Gasteiger partial charge in [-0.2, -0.15) is 0 Å². The van der Waals surface area contributed by atoms with Crippen molar-refractivity contribution < 1.29 is 0 Å². The van der Waals surface area contributed by atoms with Crippen molar-refractivity contribution in [3.8, 4) is 0 Å². The fraction of sp³-hybridized carbons (Fsp3) is 0.250. The van der Waals surface area contributed by atoms with Crippen molar-refractivity contribution in [2.75, 3.05) is 7.05 Å². The summed E-state index contributed by atoms with van der Waals surface area (Å²) in [6.45, 7) is 0. The molecule has 0 spiro atoms. The van der Waals surface area contributed by atoms with Gasteiger partial charge in [-0.15, -0.1) is 0 Å². The summed E-state index contributed by atoms with van der Waals surface area (Å²) in [5.74, 6) is 0. The van der Waals surface area contributed by atoms with Crippen LogP contribution in [0.1, 0.15) is 5.69 Å². The quantitative estimate of drug-likeness (QED) is 0.580. The predicted octanol–water partition coefficient (Wildman–Crippen LogP) is 1.13. The van der Waals surface area contributed by atoms with Gasteiger partial charge in [-0.05, 0) is 12.2 Å². The van der Waals surface area contributed by atoms with Crippen molar-refractivity contribution in [1.82, 2.24) is 9.55 Å². The number of imidazole rings is 1. The van der Waals surface area contributed by atoms with Crippen molar-refractivity contribution >= 4 is 12.3 Å². The van der Waals surface area contributed by atoms with E-state index in [-0.39, 0.29) is 0 Å². The first-order chi connectivity index (χ1) is 5.34. The Bertz CT molecular complexity index is 271. The Morgan fingerprint density at radius 3 is 3.00 bits per heavy atom. The second-order valence-electron chi connectivity index (χ2n) is 2.20. The zero-order chi connectivity index (χ0) is 8.10. The largest absolute Gasteiger partial charge is 0.334 e. The average Bonchev–Trinajstić information content (AvgIpc) is 2.37. The molecule has 0 bridgehead atoms. The van der Waals surface area contributed by atoms with Crippen LogP contribution in [0.2, 0.25) is 0 Å². The summed E-state index contributed by atoms with van der Waals surface area (Å²) >= 11 is 0. The number of aryl methyl sites for hydroxylation is 1. The third kappa shape index (κ3) is 2.04. The van der Waals surface area contributed by atoms with Gasteiger partial charge < -0.3 is 4.57 Å². The molecular formula is C8H11N3. The Balaban J connectivity index is 2.71. The Labute approximate surface area is 66.1 Å². The van der Waals surface area contributed by atoms with Gasteiger partial charge in [0.05, 0.1) is 18.2 Å². The molecule has 0 aromatic carbocycles. The summed E-state index contributed by atoms with van der Waals surface area (Å²) in [7, 11) is 3.70. The van der Waals surface area contributed by atoms with Gasteiger partial charge in [0.2, 0.25) is 0 Å². The molecule has 1 aromatic heterocycles. The topological polar surface area (TPSA) is 30.2 Å². The van der Waals surface area contributed by atoms with E-state index in [4.69, 9.17) is 0 Å². The molecule has 0 aliphatic rings. The van der Waals surface area contributed by atoms with E-state index in [0.717, 1.165) is 5.69 Å². The lowest BCUT2D eigenvalue weighted by molar-refractivity contribution is 0.902. The van der Waals surface area contributed by atoms with E-state index in [1.807, 2.05) is 23.8 Å². The molecule has 1 rings (SSSR count). The summed E-state index contributed by atoms with van der Waals surface area (Å²) in [6, 6.07) is 0. The third-order valence-electron chi connectivity index (χ3n) is 1.36. The number of aliphatic imine (C=N–C) groups is 1. The van der Waals surface area contributed by atoms with Crippen molar-refractivity contribution in [1.29, 1.82) is 0 Å². The third-order valence-corrected chi connectivity index (χ3v) is 1.36. The SMILES string of the molecule is CN=C/C=C\c1cncn1C. The maximum Gasteiger partial charge on any atom is 0.0948 e. The monoisotopic (exact) mass is 149 g/mol. The number of hydrogen-bond donors (Lipinski definition) is 0. The maximum absolute atomic E-state index is 3.97. The molecule has 0 aliphatic heterocycles. The van der Waals surface area contributed by atoms with Gasteiger partial charge in [-0.1, -0.05) is 0 Å². The van der Waals surface area contributed by atoms with Crippen LogP contribution in [0.3, 0.4) is 0 Å². The Morgan fingerprint density at radius 2 is 2.45 bits per heavy atom. The van der Waals surface area contributed by atoms with Crippen LogP contribution in [0.25, 0.3) is 6.08 Å². The molecule has 0 amide bonds. The standard InChI is InChI=1S/C8H11N3/c1-9-5-3-4-8-6-10-7-11(8)2/h3-7H,1-2H3/b4-3-,9-5?. The fourth-order valence-electron chi connectivity index (χ4n) is 0.756. The van der Waals surface area contributed by atoms with Gasteiger partial charge in [-0.3, -0.25) is 4.99 Å². The normalized spacial score (nSPS) is 11.8. The first kappa shape index (κ1) is 7.72. The van der Waals surface area contributed by atoms with E-state index in [0.29, 0.717) is 0 Å². The number of aromatic nitrogens is 2. The zero-order valence-electron chi connectivity index (χ0n) is 6.73. The van der Waals surface area contributed by atoms with Gasteiger partial charge in [0.15, 0.2) is 0 Å². The molecule has 1 heterocycles. The van der Waals surface area contributed by atoms with E-state index in [1.54, 1.807) is 25.8 Å². The summed E-state index contributed by atoms with van der Waals surface area (Å²) in [4.78, 5) is 7.79. The Morgan fingerprint density at radius 1 is 1.64 bits per heavy atom. The summed E-state index contributed by atoms with van der Waals surface area (Å²) in [6.07, 6.45) is 9.16. The molecule has 0 fully saturated rings. The number of allylic oxidation sites excluding steroid dienone is 1. The molecule has 0 atom stereocenters. The van der Waals surface area contributed by atoms with Crippen LogP contribution < -0.4 is 0 Å². The lowest BCUT2D eigenvalue weighted by atomic mass is 10.4. The highest BCUT2D eigenvalue weighted by atomic mass is 15.0. The Hall–Kier alpha value is -1.38. The van der Waals surface area contributed by atoms with E-state index < -0.39 is 0 Å². The lowest BCUT2D eigenvalue weighted by Crippen LogP contribution is -1.86. The molecule has 0 aliphatic carbocycles. The molecule has 3 heteroatoms. The van der Waals surface area contributed by atoms with Crippen molar-refractivity contribution in [3.05, 3.63) is 24.3 Å². The van der Waals surface area contributed by atoms with Crippen LogP contribution in [0, 0.1) is 0 Å². The van der Waals surface area contributed by atoms with Crippen LogP contribution in [-0.4, -0.2) is 22.8 Å². The van der Waals surface area contributed by atoms with Crippen LogP contribution in [0.15, 0.2) is 23.6 Å². The van der Waals surface area contributed by atoms with E-state index in [9.17, 15) is 0 Å². The average molecular weight is 149 g/mol. The van der Waals surface area contributed by atoms with Crippen LogP contribution in [0.4, 0.5) is 0 Å². The smallest absolute Gasteiger partial charge is 0.0948 e. The first-order valence-corrected chi connectivity index (χ1v) is 3.39. The van der Waals surface area contributed by atoms with E-state index in [1.165, 1.54) is 0 Å². The molecule has 0 radical (unpaired) electrons. The van der Waals surface area contributed by atoms with E-state index in [2.05, 4.69) is 9.98 Å². The van der Waals surface area contributed by atoms with E-state index >= 15 is 0 Å². The molecule has 3 nitrogen and oxygen atoms in total. The first-order valence-electron chi connectivity index (χ1n) is 3.39. The second-order valence-corrected chi connectivity index (χ2v) is 2.20. The second kappa shape index (κ2) is 3.71. The Kier molecular flexibility index (Phi) is 2.60. The van der Waals surface area contributed by atoms with Crippen molar-refractivity contribution in [2.45, 2.75) is 0 Å². The lowest BCUT2D eigenvalue weighted by Gasteiger charge is -1.90. The summed E-state index contributed by atoms with van der Waals surface area (Å²) in [5, 5.41) is 0. The minimum absolute atomic E-state index is 1.07. The molecular weight excluding hydrogens is 138 g/mol. The van der Waals surface area contributed by atoms with Gasteiger partial charge in [0.1, 0.15) is 0 Å². The van der Waals surface area contributed by atoms with Crippen LogP contribution in [-0.2, 0) is 7.05 Å². The fourth-order valence-corrected chi connectivity index (χ4v) is 0.756. The molecule has 0 unspecified atom stereocenters. The van der Waals surface area contributed by atoms with Crippen LogP contribution in [0.5, 0.6) is 0 Å². The molecule has 0 saturated carbocycles. The molecule has 58 valence electrons. The summed E-state index contributed by atoms with van der Waals surface area (Å²) < 4.78 is 1.94. The van der Waals surface area contributed by atoms with Gasteiger partial charge in [0, 0.05) is 20.3 Å². The summed E-state index contributed by atoms with van der Waals surface area (Å²) in [5.41, 5.74) is 1.07. The van der Waals surface area contributed by atoms with Gasteiger partial charge in [-0.25, -0.2) is 4.98 Å². The number of hydrogen-bond acceptors (Lipinski definition) is 2. The minimum Gasteiger partial charge on any atom is -0.334 e. The highest BCUT2D eigenvalue weighted by molar-refractivity contribution is 5.77. The maximum atomic E-state index is 3.97.